The van der Waals surface area contributed by atoms with Crippen LogP contribution in [0.3, 0.4) is 0 Å². The highest BCUT2D eigenvalue weighted by Crippen LogP contribution is 2.19. The van der Waals surface area contributed by atoms with E-state index < -0.39 is 6.10 Å². The van der Waals surface area contributed by atoms with Gasteiger partial charge in [0.25, 0.3) is 0 Å². The Morgan fingerprint density at radius 1 is 1.52 bits per heavy atom. The highest BCUT2D eigenvalue weighted by Gasteiger charge is 2.29. The van der Waals surface area contributed by atoms with Crippen molar-refractivity contribution in [3.05, 3.63) is 30.1 Å². The van der Waals surface area contributed by atoms with Crippen LogP contribution in [0.25, 0.3) is 0 Å². The van der Waals surface area contributed by atoms with Crippen LogP contribution in [-0.4, -0.2) is 37.3 Å². The van der Waals surface area contributed by atoms with Crippen molar-refractivity contribution in [1.29, 1.82) is 0 Å². The van der Waals surface area contributed by atoms with E-state index >= 15 is 0 Å². The molecule has 0 radical (unpaired) electrons. The van der Waals surface area contributed by atoms with E-state index in [9.17, 15) is 9.18 Å². The second-order valence-electron chi connectivity index (χ2n) is 5.41. The first-order valence-corrected chi connectivity index (χ1v) is 7.67. The van der Waals surface area contributed by atoms with E-state index in [0.717, 1.165) is 6.42 Å². The summed E-state index contributed by atoms with van der Waals surface area (Å²) in [4.78, 5) is 12.0. The van der Waals surface area contributed by atoms with Crippen molar-refractivity contribution in [3.63, 3.8) is 0 Å². The summed E-state index contributed by atoms with van der Waals surface area (Å²) in [6.07, 6.45) is 1.54. The fourth-order valence-corrected chi connectivity index (χ4v) is 2.40. The third kappa shape index (κ3) is 5.97. The summed E-state index contributed by atoms with van der Waals surface area (Å²) < 4.78 is 24.4. The maximum atomic E-state index is 13.1. The Morgan fingerprint density at radius 2 is 2.30 bits per heavy atom. The highest BCUT2D eigenvalue weighted by atomic mass is 35.5. The van der Waals surface area contributed by atoms with Crippen LogP contribution in [0.15, 0.2) is 24.3 Å². The summed E-state index contributed by atoms with van der Waals surface area (Å²) in [5.74, 6) is -0.0257. The molecule has 1 heterocycles. The van der Waals surface area contributed by atoms with Crippen molar-refractivity contribution in [1.82, 2.24) is 5.32 Å². The minimum absolute atomic E-state index is 0. The van der Waals surface area contributed by atoms with Gasteiger partial charge < -0.3 is 20.5 Å². The van der Waals surface area contributed by atoms with Crippen molar-refractivity contribution in [2.24, 2.45) is 5.73 Å². The first kappa shape index (κ1) is 19.7. The number of ether oxygens (including phenoxy) is 2. The molecule has 0 aromatic heterocycles. The second kappa shape index (κ2) is 9.70. The highest BCUT2D eigenvalue weighted by molar-refractivity contribution is 5.85. The van der Waals surface area contributed by atoms with Crippen molar-refractivity contribution in [2.45, 2.75) is 44.5 Å². The van der Waals surface area contributed by atoms with E-state index in [2.05, 4.69) is 5.32 Å². The number of nitrogens with one attached hydrogen (secondary N) is 1. The van der Waals surface area contributed by atoms with Gasteiger partial charge in [-0.05, 0) is 31.4 Å². The molecule has 1 aliphatic rings. The number of nitrogens with two attached hydrogens (primary N) is 1. The van der Waals surface area contributed by atoms with E-state index in [1.165, 1.54) is 12.1 Å². The van der Waals surface area contributed by atoms with Crippen LogP contribution in [0.5, 0.6) is 5.75 Å². The van der Waals surface area contributed by atoms with Crippen molar-refractivity contribution in [2.75, 3.05) is 13.1 Å². The van der Waals surface area contributed by atoms with Gasteiger partial charge in [0.05, 0.1) is 12.6 Å². The third-order valence-corrected chi connectivity index (χ3v) is 3.72. The molecule has 0 bridgehead atoms. The number of rotatable bonds is 7. The molecule has 2 rings (SSSR count). The number of carbonyl (C=O) groups is 1. The van der Waals surface area contributed by atoms with Gasteiger partial charge >= 0.3 is 0 Å². The molecule has 1 amide bonds. The van der Waals surface area contributed by atoms with E-state index in [4.69, 9.17) is 15.2 Å². The minimum atomic E-state index is -0.430. The molecule has 1 aromatic rings. The summed E-state index contributed by atoms with van der Waals surface area (Å²) >= 11 is 0. The van der Waals surface area contributed by atoms with Crippen LogP contribution in [0.1, 0.15) is 26.2 Å². The molecule has 7 heteroatoms. The predicted molar refractivity (Wildman–Crippen MR) is 88.3 cm³/mol. The van der Waals surface area contributed by atoms with Gasteiger partial charge in [0.15, 0.2) is 0 Å². The molecule has 3 atom stereocenters. The monoisotopic (exact) mass is 346 g/mol. The number of halogens is 2. The summed E-state index contributed by atoms with van der Waals surface area (Å²) in [6, 6.07) is 5.98. The Morgan fingerprint density at radius 3 is 2.91 bits per heavy atom. The smallest absolute Gasteiger partial charge is 0.249 e. The van der Waals surface area contributed by atoms with Gasteiger partial charge in [-0.3, -0.25) is 4.79 Å². The third-order valence-electron chi connectivity index (χ3n) is 3.72. The van der Waals surface area contributed by atoms with Gasteiger partial charge in [0.2, 0.25) is 5.91 Å². The molecule has 0 aliphatic carbocycles. The number of amides is 1. The Balaban J connectivity index is 0.00000264. The molecule has 0 spiro atoms. The van der Waals surface area contributed by atoms with Gasteiger partial charge in [-0.15, -0.1) is 12.4 Å². The van der Waals surface area contributed by atoms with Crippen LogP contribution >= 0.6 is 12.4 Å². The Labute approximate surface area is 142 Å². The fourth-order valence-electron chi connectivity index (χ4n) is 2.40. The maximum Gasteiger partial charge on any atom is 0.249 e. The molecule has 1 unspecified atom stereocenters. The second-order valence-corrected chi connectivity index (χ2v) is 5.41. The lowest BCUT2D eigenvalue weighted by Crippen LogP contribution is -2.41. The maximum absolute atomic E-state index is 13.1. The van der Waals surface area contributed by atoms with Gasteiger partial charge in [-0.1, -0.05) is 13.0 Å². The zero-order chi connectivity index (χ0) is 15.9. The van der Waals surface area contributed by atoms with E-state index in [0.29, 0.717) is 31.7 Å². The molecule has 0 saturated carbocycles. The number of hydrogen-bond acceptors (Lipinski definition) is 4. The molecule has 1 aliphatic heterocycles. The molecule has 1 fully saturated rings. The van der Waals surface area contributed by atoms with Gasteiger partial charge in [-0.2, -0.15) is 0 Å². The molecule has 1 saturated heterocycles. The molecular weight excluding hydrogens is 323 g/mol. The predicted octanol–water partition coefficient (Wildman–Crippen LogP) is 2.03. The van der Waals surface area contributed by atoms with E-state index in [-0.39, 0.29) is 36.3 Å². The molecule has 130 valence electrons. The average molecular weight is 347 g/mol. The largest absolute Gasteiger partial charge is 0.489 e. The van der Waals surface area contributed by atoms with Crippen LogP contribution in [0.2, 0.25) is 0 Å². The molecule has 3 N–H and O–H groups in total. The normalized spacial score (nSPS) is 21.3. The Bertz CT molecular complexity index is 504. The van der Waals surface area contributed by atoms with Crippen LogP contribution in [0, 0.1) is 5.82 Å². The lowest BCUT2D eigenvalue weighted by atomic mass is 10.2. The molecular formula is C16H24ClFN2O3. The topological polar surface area (TPSA) is 73.6 Å². The first-order valence-electron chi connectivity index (χ1n) is 7.67. The Kier molecular flexibility index (Phi) is 8.30. The molecule has 23 heavy (non-hydrogen) atoms. The SMILES string of the molecule is CCC(CNC(=O)[C@@H]1CC[C@H](CN)O1)Oc1cccc(F)c1.Cl. The number of benzene rings is 1. The van der Waals surface area contributed by atoms with Crippen LogP contribution < -0.4 is 15.8 Å². The zero-order valence-electron chi connectivity index (χ0n) is 13.2. The number of hydrogen-bond donors (Lipinski definition) is 2. The zero-order valence-corrected chi connectivity index (χ0v) is 14.0. The Hall–Kier alpha value is -1.37. The van der Waals surface area contributed by atoms with Crippen LogP contribution in [-0.2, 0) is 9.53 Å². The summed E-state index contributed by atoms with van der Waals surface area (Å²) in [5, 5.41) is 2.83. The quantitative estimate of drug-likeness (QED) is 0.792. The van der Waals surface area contributed by atoms with Gasteiger partial charge in [0, 0.05) is 12.6 Å². The lowest BCUT2D eigenvalue weighted by Gasteiger charge is -2.19. The average Bonchev–Trinajstić information content (AvgIpc) is 3.00. The summed E-state index contributed by atoms with van der Waals surface area (Å²) in [5.41, 5.74) is 5.53. The van der Waals surface area contributed by atoms with Crippen molar-refractivity contribution < 1.29 is 18.7 Å². The first-order chi connectivity index (χ1) is 10.6. The minimum Gasteiger partial charge on any atom is -0.489 e. The molecule has 5 nitrogen and oxygen atoms in total. The van der Waals surface area contributed by atoms with Gasteiger partial charge in [-0.25, -0.2) is 4.39 Å². The molecule has 1 aromatic carbocycles. The van der Waals surface area contributed by atoms with Crippen molar-refractivity contribution >= 4 is 18.3 Å². The van der Waals surface area contributed by atoms with E-state index in [1.807, 2.05) is 6.92 Å². The summed E-state index contributed by atoms with van der Waals surface area (Å²) in [6.45, 7) is 2.75. The lowest BCUT2D eigenvalue weighted by molar-refractivity contribution is -0.132. The van der Waals surface area contributed by atoms with Crippen molar-refractivity contribution in [3.8, 4) is 5.75 Å². The fraction of sp³-hybridized carbons (Fsp3) is 0.562. The standard InChI is InChI=1S/C16H23FN2O3.ClH/c1-2-12(21-13-5-3-4-11(17)8-13)10-19-16(20)15-7-6-14(9-18)22-15;/h3-5,8,12,14-15H,2,6-7,9-10,18H2,1H3,(H,19,20);1H/t12?,14-,15+;/m1./s1. The van der Waals surface area contributed by atoms with Crippen LogP contribution in [0.4, 0.5) is 4.39 Å². The van der Waals surface area contributed by atoms with Gasteiger partial charge in [0.1, 0.15) is 23.8 Å². The van der Waals surface area contributed by atoms with E-state index in [1.54, 1.807) is 12.1 Å². The number of carbonyl (C=O) groups excluding carboxylic acids is 1. The summed E-state index contributed by atoms with van der Waals surface area (Å²) in [7, 11) is 0.